The molecule has 1 saturated heterocycles. The Bertz CT molecular complexity index is 430. The summed E-state index contributed by atoms with van der Waals surface area (Å²) in [6, 6.07) is 5.03. The molecule has 0 radical (unpaired) electrons. The van der Waals surface area contributed by atoms with Crippen molar-refractivity contribution in [1.82, 2.24) is 0 Å². The molecule has 1 aromatic carbocycles. The third kappa shape index (κ3) is 3.46. The summed E-state index contributed by atoms with van der Waals surface area (Å²) in [6.45, 7) is 2.57. The van der Waals surface area contributed by atoms with Gasteiger partial charge in [-0.05, 0) is 52.9 Å². The topological polar surface area (TPSA) is 58.6 Å². The van der Waals surface area contributed by atoms with Crippen molar-refractivity contribution in [2.24, 2.45) is 5.92 Å². The number of carboxylic acid groups (broad SMARTS) is 1. The second-order valence-corrected chi connectivity index (χ2v) is 5.29. The van der Waals surface area contributed by atoms with Crippen LogP contribution in [0, 0.1) is 5.92 Å². The van der Waals surface area contributed by atoms with Gasteiger partial charge in [0.05, 0.1) is 5.56 Å². The minimum absolute atomic E-state index is 0.290. The third-order valence-corrected chi connectivity index (χ3v) is 3.79. The maximum atomic E-state index is 10.8. The Morgan fingerprint density at radius 1 is 1.44 bits per heavy atom. The maximum Gasteiger partial charge on any atom is 0.335 e. The minimum Gasteiger partial charge on any atom is -0.478 e. The van der Waals surface area contributed by atoms with E-state index in [1.165, 1.54) is 0 Å². The highest BCUT2D eigenvalue weighted by Gasteiger charge is 2.14. The molecule has 0 saturated carbocycles. The van der Waals surface area contributed by atoms with Crippen molar-refractivity contribution < 1.29 is 14.6 Å². The lowest BCUT2D eigenvalue weighted by atomic mass is 10.0. The summed E-state index contributed by atoms with van der Waals surface area (Å²) >= 11 is 3.39. The summed E-state index contributed by atoms with van der Waals surface area (Å²) in [7, 11) is 0. The number of ether oxygens (including phenoxy) is 1. The minimum atomic E-state index is -0.910. The van der Waals surface area contributed by atoms with Crippen molar-refractivity contribution in [3.8, 4) is 0 Å². The quantitative estimate of drug-likeness (QED) is 0.897. The zero-order valence-electron chi connectivity index (χ0n) is 9.99. The lowest BCUT2D eigenvalue weighted by molar-refractivity contribution is 0.0693. The molecule has 1 heterocycles. The van der Waals surface area contributed by atoms with Gasteiger partial charge < -0.3 is 15.2 Å². The number of anilines is 1. The van der Waals surface area contributed by atoms with Crippen LogP contribution in [0.1, 0.15) is 23.2 Å². The Morgan fingerprint density at radius 3 is 2.78 bits per heavy atom. The second kappa shape index (κ2) is 6.20. The average molecular weight is 314 g/mol. The summed E-state index contributed by atoms with van der Waals surface area (Å²) in [6.07, 6.45) is 2.16. The van der Waals surface area contributed by atoms with Crippen molar-refractivity contribution in [2.45, 2.75) is 12.8 Å². The summed E-state index contributed by atoms with van der Waals surface area (Å²) in [5, 5.41) is 12.2. The van der Waals surface area contributed by atoms with E-state index in [9.17, 15) is 4.79 Å². The zero-order valence-corrected chi connectivity index (χ0v) is 11.6. The van der Waals surface area contributed by atoms with Crippen molar-refractivity contribution in [1.29, 1.82) is 0 Å². The predicted molar refractivity (Wildman–Crippen MR) is 73.1 cm³/mol. The molecule has 4 nitrogen and oxygen atoms in total. The first kappa shape index (κ1) is 13.4. The molecule has 0 bridgehead atoms. The number of aromatic carboxylic acids is 1. The molecule has 1 aromatic rings. The van der Waals surface area contributed by atoms with Crippen LogP contribution in [-0.4, -0.2) is 30.8 Å². The first-order chi connectivity index (χ1) is 8.66. The van der Waals surface area contributed by atoms with Crippen LogP contribution in [0.3, 0.4) is 0 Å². The van der Waals surface area contributed by atoms with Crippen molar-refractivity contribution in [2.75, 3.05) is 25.1 Å². The first-order valence-electron chi connectivity index (χ1n) is 6.01. The molecule has 2 rings (SSSR count). The number of hydrogen-bond donors (Lipinski definition) is 2. The van der Waals surface area contributed by atoms with Gasteiger partial charge in [-0.15, -0.1) is 0 Å². The van der Waals surface area contributed by atoms with Crippen LogP contribution < -0.4 is 5.32 Å². The molecule has 5 heteroatoms. The smallest absolute Gasteiger partial charge is 0.335 e. The van der Waals surface area contributed by atoms with Crippen molar-refractivity contribution >= 4 is 27.6 Å². The van der Waals surface area contributed by atoms with Gasteiger partial charge in [0.2, 0.25) is 0 Å². The monoisotopic (exact) mass is 313 g/mol. The highest BCUT2D eigenvalue weighted by molar-refractivity contribution is 9.10. The number of rotatable bonds is 4. The molecular weight excluding hydrogens is 298 g/mol. The van der Waals surface area contributed by atoms with Gasteiger partial charge >= 0.3 is 5.97 Å². The van der Waals surface area contributed by atoms with Gasteiger partial charge in [0.25, 0.3) is 0 Å². The number of carbonyl (C=O) groups is 1. The van der Waals surface area contributed by atoms with Crippen LogP contribution in [-0.2, 0) is 4.74 Å². The van der Waals surface area contributed by atoms with E-state index in [4.69, 9.17) is 9.84 Å². The van der Waals surface area contributed by atoms with E-state index in [2.05, 4.69) is 21.2 Å². The number of benzene rings is 1. The van der Waals surface area contributed by atoms with E-state index in [0.29, 0.717) is 11.5 Å². The molecular formula is C13H16BrNO3. The van der Waals surface area contributed by atoms with Crippen molar-refractivity contribution in [3.05, 3.63) is 28.2 Å². The van der Waals surface area contributed by atoms with E-state index in [1.807, 2.05) is 0 Å². The summed E-state index contributed by atoms with van der Waals surface area (Å²) in [5.41, 5.74) is 1.23. The second-order valence-electron chi connectivity index (χ2n) is 4.44. The Labute approximate surface area is 114 Å². The van der Waals surface area contributed by atoms with Crippen LogP contribution in [0.5, 0.6) is 0 Å². The van der Waals surface area contributed by atoms with Gasteiger partial charge in [0.1, 0.15) is 0 Å². The van der Waals surface area contributed by atoms with Crippen LogP contribution in [0.15, 0.2) is 22.7 Å². The fourth-order valence-corrected chi connectivity index (χ4v) is 2.52. The molecule has 0 unspecified atom stereocenters. The number of halogens is 1. The van der Waals surface area contributed by atoms with Crippen LogP contribution >= 0.6 is 15.9 Å². The Hall–Kier alpha value is -1.07. The SMILES string of the molecule is O=C(O)c1ccc(NCC2CCOCC2)c(Br)c1. The van der Waals surface area contributed by atoms with Gasteiger partial charge in [-0.2, -0.15) is 0 Å². The normalized spacial score (nSPS) is 16.5. The van der Waals surface area contributed by atoms with Crippen LogP contribution in [0.4, 0.5) is 5.69 Å². The fourth-order valence-electron chi connectivity index (χ4n) is 2.00. The molecule has 0 aliphatic carbocycles. The number of hydrogen-bond acceptors (Lipinski definition) is 3. The summed E-state index contributed by atoms with van der Waals surface area (Å²) in [4.78, 5) is 10.8. The van der Waals surface area contributed by atoms with Crippen LogP contribution in [0.25, 0.3) is 0 Å². The summed E-state index contributed by atoms with van der Waals surface area (Å²) < 4.78 is 6.10. The number of carboxylic acids is 1. The molecule has 0 aromatic heterocycles. The molecule has 1 aliphatic heterocycles. The molecule has 0 atom stereocenters. The lowest BCUT2D eigenvalue weighted by Crippen LogP contribution is -2.22. The Kier molecular flexibility index (Phi) is 4.60. The van der Waals surface area contributed by atoms with E-state index < -0.39 is 5.97 Å². The highest BCUT2D eigenvalue weighted by Crippen LogP contribution is 2.25. The maximum absolute atomic E-state index is 10.8. The standard InChI is InChI=1S/C13H16BrNO3/c14-11-7-10(13(16)17)1-2-12(11)15-8-9-3-5-18-6-4-9/h1-2,7,9,15H,3-6,8H2,(H,16,17). The van der Waals surface area contributed by atoms with Gasteiger partial charge in [0.15, 0.2) is 0 Å². The molecule has 18 heavy (non-hydrogen) atoms. The van der Waals surface area contributed by atoms with Gasteiger partial charge in [-0.1, -0.05) is 0 Å². The molecule has 0 amide bonds. The Balaban J connectivity index is 1.94. The van der Waals surface area contributed by atoms with E-state index in [-0.39, 0.29) is 0 Å². The summed E-state index contributed by atoms with van der Waals surface area (Å²) in [5.74, 6) is -0.281. The van der Waals surface area contributed by atoms with Crippen LogP contribution in [0.2, 0.25) is 0 Å². The molecule has 0 spiro atoms. The van der Waals surface area contributed by atoms with E-state index in [0.717, 1.165) is 42.8 Å². The largest absolute Gasteiger partial charge is 0.478 e. The lowest BCUT2D eigenvalue weighted by Gasteiger charge is -2.23. The van der Waals surface area contributed by atoms with Gasteiger partial charge in [-0.3, -0.25) is 0 Å². The number of nitrogens with one attached hydrogen (secondary N) is 1. The predicted octanol–water partition coefficient (Wildman–Crippen LogP) is 2.99. The van der Waals surface area contributed by atoms with E-state index in [1.54, 1.807) is 18.2 Å². The Morgan fingerprint density at radius 2 is 2.17 bits per heavy atom. The fraction of sp³-hybridized carbons (Fsp3) is 0.462. The molecule has 98 valence electrons. The molecule has 1 fully saturated rings. The van der Waals surface area contributed by atoms with Crippen molar-refractivity contribution in [3.63, 3.8) is 0 Å². The molecule has 2 N–H and O–H groups in total. The van der Waals surface area contributed by atoms with Gasteiger partial charge in [-0.25, -0.2) is 4.79 Å². The van der Waals surface area contributed by atoms with Gasteiger partial charge in [0, 0.05) is 29.9 Å². The highest BCUT2D eigenvalue weighted by atomic mass is 79.9. The first-order valence-corrected chi connectivity index (χ1v) is 6.80. The average Bonchev–Trinajstić information content (AvgIpc) is 2.38. The zero-order chi connectivity index (χ0) is 13.0. The van der Waals surface area contributed by atoms with E-state index >= 15 is 0 Å². The molecule has 1 aliphatic rings. The third-order valence-electron chi connectivity index (χ3n) is 3.14.